The van der Waals surface area contributed by atoms with Gasteiger partial charge in [0.05, 0.1) is 25.4 Å². The Hall–Kier alpha value is -2.70. The van der Waals surface area contributed by atoms with Crippen molar-refractivity contribution in [1.82, 2.24) is 6.15 Å². The molecule has 0 atom stereocenters. The molecule has 0 aromatic rings. The molecular formula is H6CeN6O16. The first kappa shape index (κ1) is 50.0. The molecular weight excluding hydrogens is 480 g/mol. The first-order valence-electron chi connectivity index (χ1n) is 2.74. The SMILES string of the molecule is O.O=[N+]([O-])[O-].O=[N+]([O-])[O-].O=[N+]([O-])[O-].O=[N+]([O-])[O-].O=[N+]([O-])[O-].[Ce+4].[NH4+]. The second-order valence-electron chi connectivity index (χ2n) is 1.12. The van der Waals surface area contributed by atoms with E-state index in [1.54, 1.807) is 0 Å². The van der Waals surface area contributed by atoms with Gasteiger partial charge in [0.1, 0.15) is 0 Å². The average Bonchev–Trinajstić information content (AvgIpc) is 1.94. The average molecular weight is 486 g/mol. The van der Waals surface area contributed by atoms with Gasteiger partial charge in [-0.05, 0) is 0 Å². The van der Waals surface area contributed by atoms with Gasteiger partial charge in [0, 0.05) is 0 Å². The molecule has 0 amide bonds. The van der Waals surface area contributed by atoms with E-state index in [0.717, 1.165) is 0 Å². The molecule has 0 bridgehead atoms. The zero-order chi connectivity index (χ0) is 17.9. The molecule has 0 saturated heterocycles. The first-order valence-corrected chi connectivity index (χ1v) is 2.74. The van der Waals surface area contributed by atoms with Gasteiger partial charge in [-0.1, -0.05) is 0 Å². The van der Waals surface area contributed by atoms with Crippen LogP contribution in [0.2, 0.25) is 0 Å². The number of rotatable bonds is 0. The van der Waals surface area contributed by atoms with Crippen molar-refractivity contribution in [2.75, 3.05) is 0 Å². The predicted molar refractivity (Wildman–Crippen MR) is 61.4 cm³/mol. The molecule has 6 N–H and O–H groups in total. The fourth-order valence-corrected chi connectivity index (χ4v) is 0. The maximum atomic E-state index is 8.25. The molecule has 0 aromatic carbocycles. The summed E-state index contributed by atoms with van der Waals surface area (Å²) in [5.74, 6) is 0. The molecule has 0 aromatic heterocycles. The van der Waals surface area contributed by atoms with Gasteiger partial charge in [0.2, 0.25) is 0 Å². The van der Waals surface area contributed by atoms with Crippen molar-refractivity contribution >= 4 is 0 Å². The van der Waals surface area contributed by atoms with Crippen molar-refractivity contribution in [2.24, 2.45) is 0 Å². The van der Waals surface area contributed by atoms with E-state index >= 15 is 0 Å². The fraction of sp³-hybridized carbons (Fsp3) is 0. The van der Waals surface area contributed by atoms with E-state index in [4.69, 9.17) is 76.6 Å². The van der Waals surface area contributed by atoms with Crippen LogP contribution in [0.25, 0.3) is 0 Å². The van der Waals surface area contributed by atoms with Crippen LogP contribution in [-0.2, 0) is 0 Å². The Bertz CT molecular complexity index is 209. The van der Waals surface area contributed by atoms with Crippen LogP contribution < -0.4 is 6.15 Å². The molecule has 23 heteroatoms. The predicted octanol–water partition coefficient (Wildman–Crippen LogP) is -1.64. The molecule has 0 aliphatic rings. The summed E-state index contributed by atoms with van der Waals surface area (Å²) in [7, 11) is 0. The van der Waals surface area contributed by atoms with Crippen LogP contribution >= 0.6 is 0 Å². The fourth-order valence-electron chi connectivity index (χ4n) is 0. The minimum Gasteiger partial charge on any atom is -0.412 e. The van der Waals surface area contributed by atoms with Crippen molar-refractivity contribution in [3.05, 3.63) is 76.6 Å². The third-order valence-corrected chi connectivity index (χ3v) is 0. The van der Waals surface area contributed by atoms with E-state index in [1.807, 2.05) is 0 Å². The van der Waals surface area contributed by atoms with Crippen molar-refractivity contribution in [2.45, 2.75) is 0 Å². The van der Waals surface area contributed by atoms with Gasteiger partial charge in [-0.2, -0.15) is 0 Å². The van der Waals surface area contributed by atoms with Gasteiger partial charge >= 0.3 is 41.7 Å². The summed E-state index contributed by atoms with van der Waals surface area (Å²) in [6.45, 7) is 0. The number of nitrogens with zero attached hydrogens (tertiary/aromatic N) is 5. The molecule has 0 unspecified atom stereocenters. The van der Waals surface area contributed by atoms with E-state index in [-0.39, 0.29) is 53.4 Å². The molecule has 0 saturated carbocycles. The van der Waals surface area contributed by atoms with E-state index in [1.165, 1.54) is 0 Å². The Morgan fingerprint density at radius 1 is 0.391 bits per heavy atom. The Labute approximate surface area is 155 Å². The Kier molecular flexibility index (Phi) is 92.8. The summed E-state index contributed by atoms with van der Waals surface area (Å²) >= 11 is 0. The van der Waals surface area contributed by atoms with Crippen LogP contribution in [-0.4, -0.2) is 30.9 Å². The largest absolute Gasteiger partial charge is 4.00 e. The minimum atomic E-state index is -1.75. The molecule has 0 aliphatic carbocycles. The molecule has 0 heterocycles. The summed E-state index contributed by atoms with van der Waals surface area (Å²) in [6, 6.07) is 0. The Morgan fingerprint density at radius 3 is 0.391 bits per heavy atom. The van der Waals surface area contributed by atoms with Crippen molar-refractivity contribution in [3.63, 3.8) is 0 Å². The van der Waals surface area contributed by atoms with Gasteiger partial charge in [-0.25, -0.2) is 0 Å². The van der Waals surface area contributed by atoms with Crippen LogP contribution in [0.5, 0.6) is 0 Å². The third-order valence-electron chi connectivity index (χ3n) is 0. The topological polar surface area (TPSA) is 399 Å². The van der Waals surface area contributed by atoms with Crippen LogP contribution in [0.1, 0.15) is 0 Å². The molecule has 23 heavy (non-hydrogen) atoms. The van der Waals surface area contributed by atoms with Crippen LogP contribution in [0.15, 0.2) is 0 Å². The standard InChI is InChI=1S/Ce.5NO3.H3N.H2O/c;5*2-1(3)4;;/h;;;;;;1H3;1H2/q+4;5*-1;;/p+1. The van der Waals surface area contributed by atoms with Crippen molar-refractivity contribution in [3.8, 4) is 0 Å². The summed E-state index contributed by atoms with van der Waals surface area (Å²) in [4.78, 5) is 41.2. The van der Waals surface area contributed by atoms with Crippen molar-refractivity contribution in [1.29, 1.82) is 0 Å². The second-order valence-corrected chi connectivity index (χ2v) is 1.12. The van der Waals surface area contributed by atoms with E-state index in [2.05, 4.69) is 0 Å². The summed E-state index contributed by atoms with van der Waals surface area (Å²) in [5.41, 5.74) is 0. The monoisotopic (exact) mass is 486 g/mol. The molecule has 0 aliphatic heterocycles. The molecule has 0 rings (SSSR count). The Morgan fingerprint density at radius 2 is 0.391 bits per heavy atom. The molecule has 0 fully saturated rings. The smallest absolute Gasteiger partial charge is 0.412 e. The molecule has 0 spiro atoms. The normalized spacial score (nSPS) is 5.22. The van der Waals surface area contributed by atoms with Gasteiger partial charge in [-0.15, -0.1) is 0 Å². The third kappa shape index (κ3) is 790. The van der Waals surface area contributed by atoms with Crippen molar-refractivity contribution < 1.29 is 72.7 Å². The maximum absolute atomic E-state index is 8.25. The van der Waals surface area contributed by atoms with Gasteiger partial charge in [0.25, 0.3) is 0 Å². The van der Waals surface area contributed by atoms with Gasteiger partial charge in [-0.3, -0.25) is 0 Å². The van der Waals surface area contributed by atoms with Crippen LogP contribution in [0.4, 0.5) is 0 Å². The molecule has 0 radical (unpaired) electrons. The van der Waals surface area contributed by atoms with Gasteiger partial charge < -0.3 is 88.2 Å². The zero-order valence-corrected chi connectivity index (χ0v) is 13.5. The van der Waals surface area contributed by atoms with E-state index in [0.29, 0.717) is 0 Å². The number of quaternary nitrogens is 1. The Balaban J connectivity index is -0.0000000197. The van der Waals surface area contributed by atoms with Crippen LogP contribution in [0, 0.1) is 118 Å². The van der Waals surface area contributed by atoms with E-state index in [9.17, 15) is 0 Å². The van der Waals surface area contributed by atoms with Crippen LogP contribution in [0.3, 0.4) is 0 Å². The number of hydrogen-bond acceptors (Lipinski definition) is 15. The molecule has 22 nitrogen and oxygen atoms in total. The summed E-state index contributed by atoms with van der Waals surface area (Å²) in [5, 5.41) is 73.8. The number of hydrogen-bond donors (Lipinski definition) is 1. The summed E-state index contributed by atoms with van der Waals surface area (Å²) in [6.07, 6.45) is 0. The van der Waals surface area contributed by atoms with E-state index < -0.39 is 25.4 Å². The molecule has 136 valence electrons. The minimum absolute atomic E-state index is 0. The van der Waals surface area contributed by atoms with Gasteiger partial charge in [0.15, 0.2) is 0 Å². The zero-order valence-electron chi connectivity index (χ0n) is 10.4. The summed E-state index contributed by atoms with van der Waals surface area (Å²) < 4.78 is 0. The maximum Gasteiger partial charge on any atom is 4.00 e. The quantitative estimate of drug-likeness (QED) is 0.296. The second kappa shape index (κ2) is 42.7. The first-order chi connectivity index (χ1) is 8.66.